The van der Waals surface area contributed by atoms with Crippen LogP contribution in [-0.4, -0.2) is 9.78 Å². The fraction of sp³-hybridized carbons (Fsp3) is 0.375. The Morgan fingerprint density at radius 2 is 2.20 bits per heavy atom. The number of nitriles is 1. The molecule has 2 N–H and O–H groups in total. The largest absolute Gasteiger partial charge is 0.383 e. The molecule has 0 bridgehead atoms. The lowest BCUT2D eigenvalue weighted by Gasteiger charge is -2.10. The number of rotatable bonds is 4. The molecule has 0 aliphatic heterocycles. The van der Waals surface area contributed by atoms with E-state index in [0.717, 1.165) is 17.7 Å². The molecule has 1 atom stereocenters. The van der Waals surface area contributed by atoms with Crippen molar-refractivity contribution in [3.05, 3.63) is 46.6 Å². The van der Waals surface area contributed by atoms with Gasteiger partial charge < -0.3 is 5.73 Å². The number of anilines is 1. The number of aryl methyl sites for hydroxylation is 1. The lowest BCUT2D eigenvalue weighted by atomic mass is 10.1. The fourth-order valence-electron chi connectivity index (χ4n) is 2.27. The van der Waals surface area contributed by atoms with Crippen molar-refractivity contribution in [1.82, 2.24) is 9.78 Å². The van der Waals surface area contributed by atoms with Crippen LogP contribution in [0.25, 0.3) is 0 Å². The molecule has 104 valence electrons. The molecule has 0 fully saturated rings. The van der Waals surface area contributed by atoms with Gasteiger partial charge in [-0.1, -0.05) is 36.8 Å². The van der Waals surface area contributed by atoms with Crippen molar-refractivity contribution in [3.8, 4) is 6.07 Å². The summed E-state index contributed by atoms with van der Waals surface area (Å²) in [7, 11) is 0. The molecule has 0 aliphatic rings. The van der Waals surface area contributed by atoms with E-state index in [0.29, 0.717) is 17.8 Å². The Bertz CT molecular complexity index is 649. The Morgan fingerprint density at radius 1 is 1.45 bits per heavy atom. The number of nitrogens with two attached hydrogens (primary N) is 1. The van der Waals surface area contributed by atoms with Gasteiger partial charge in [-0.05, 0) is 25.8 Å². The van der Waals surface area contributed by atoms with Gasteiger partial charge in [-0.3, -0.25) is 0 Å². The van der Waals surface area contributed by atoms with Gasteiger partial charge in [0.05, 0.1) is 11.7 Å². The average molecular weight is 268 g/mol. The molecule has 4 nitrogen and oxygen atoms in total. The Labute approximate surface area is 119 Å². The van der Waals surface area contributed by atoms with Crippen molar-refractivity contribution in [2.24, 2.45) is 0 Å². The third-order valence-corrected chi connectivity index (χ3v) is 3.59. The maximum atomic E-state index is 9.32. The number of hydrogen-bond donors (Lipinski definition) is 1. The molecule has 2 rings (SSSR count). The highest BCUT2D eigenvalue weighted by atomic mass is 15.3. The summed E-state index contributed by atoms with van der Waals surface area (Å²) < 4.78 is 1.77. The molecule has 1 aromatic heterocycles. The minimum absolute atomic E-state index is 0.202. The molecule has 1 aromatic carbocycles. The molecular weight excluding hydrogens is 248 g/mol. The first kappa shape index (κ1) is 14.1. The quantitative estimate of drug-likeness (QED) is 0.925. The second-order valence-electron chi connectivity index (χ2n) is 5.19. The van der Waals surface area contributed by atoms with Crippen LogP contribution >= 0.6 is 0 Å². The van der Waals surface area contributed by atoms with Crippen LogP contribution in [0.3, 0.4) is 0 Å². The van der Waals surface area contributed by atoms with Crippen LogP contribution in [-0.2, 0) is 6.42 Å². The fourth-order valence-corrected chi connectivity index (χ4v) is 2.27. The summed E-state index contributed by atoms with van der Waals surface area (Å²) in [5, 5.41) is 13.9. The lowest BCUT2D eigenvalue weighted by Crippen LogP contribution is -2.09. The second-order valence-corrected chi connectivity index (χ2v) is 5.19. The van der Waals surface area contributed by atoms with Gasteiger partial charge in [0.1, 0.15) is 17.5 Å². The van der Waals surface area contributed by atoms with E-state index >= 15 is 0 Å². The van der Waals surface area contributed by atoms with Gasteiger partial charge in [-0.15, -0.1) is 0 Å². The molecule has 20 heavy (non-hydrogen) atoms. The lowest BCUT2D eigenvalue weighted by molar-refractivity contribution is 0.481. The van der Waals surface area contributed by atoms with E-state index in [1.165, 1.54) is 5.56 Å². The van der Waals surface area contributed by atoms with Crippen LogP contribution in [0.2, 0.25) is 0 Å². The average Bonchev–Trinajstić information content (AvgIpc) is 2.74. The number of hydrogen-bond acceptors (Lipinski definition) is 3. The third-order valence-electron chi connectivity index (χ3n) is 3.59. The van der Waals surface area contributed by atoms with Crippen LogP contribution < -0.4 is 5.73 Å². The Balaban J connectivity index is 2.39. The zero-order valence-electron chi connectivity index (χ0n) is 12.2. The van der Waals surface area contributed by atoms with Gasteiger partial charge in [-0.25, -0.2) is 4.68 Å². The first-order valence-corrected chi connectivity index (χ1v) is 6.89. The summed E-state index contributed by atoms with van der Waals surface area (Å²) in [4.78, 5) is 0. The third kappa shape index (κ3) is 2.67. The van der Waals surface area contributed by atoms with E-state index in [2.05, 4.69) is 44.1 Å². The van der Waals surface area contributed by atoms with Crippen molar-refractivity contribution in [1.29, 1.82) is 5.26 Å². The summed E-state index contributed by atoms with van der Waals surface area (Å²) in [6.07, 6.45) is 1.57. The van der Waals surface area contributed by atoms with Crippen molar-refractivity contribution in [3.63, 3.8) is 0 Å². The van der Waals surface area contributed by atoms with E-state index in [1.54, 1.807) is 4.68 Å². The summed E-state index contributed by atoms with van der Waals surface area (Å²) >= 11 is 0. The molecule has 0 spiro atoms. The Kier molecular flexibility index (Phi) is 4.09. The maximum Gasteiger partial charge on any atom is 0.140 e. The van der Waals surface area contributed by atoms with E-state index in [-0.39, 0.29) is 6.04 Å². The molecule has 0 saturated heterocycles. The zero-order chi connectivity index (χ0) is 14.7. The maximum absolute atomic E-state index is 9.32. The predicted molar refractivity (Wildman–Crippen MR) is 80.3 cm³/mol. The Hall–Kier alpha value is -2.28. The smallest absolute Gasteiger partial charge is 0.140 e. The van der Waals surface area contributed by atoms with Crippen molar-refractivity contribution >= 4 is 5.82 Å². The summed E-state index contributed by atoms with van der Waals surface area (Å²) in [6.45, 7) is 6.19. The summed E-state index contributed by atoms with van der Waals surface area (Å²) in [5.41, 5.74) is 9.67. The summed E-state index contributed by atoms with van der Waals surface area (Å²) in [6, 6.07) is 10.6. The highest BCUT2D eigenvalue weighted by Crippen LogP contribution is 2.23. The SMILES string of the molecule is CCC(C)n1nc(Cc2cccc(C)c2)c(C#N)c1N. The molecule has 0 amide bonds. The van der Waals surface area contributed by atoms with Gasteiger partial charge in [0.25, 0.3) is 0 Å². The molecule has 4 heteroatoms. The van der Waals surface area contributed by atoms with Crippen LogP contribution in [0.1, 0.15) is 48.7 Å². The van der Waals surface area contributed by atoms with Crippen LogP contribution in [0.4, 0.5) is 5.82 Å². The summed E-state index contributed by atoms with van der Waals surface area (Å²) in [5.74, 6) is 0.476. The molecule has 1 heterocycles. The van der Waals surface area contributed by atoms with Crippen molar-refractivity contribution < 1.29 is 0 Å². The van der Waals surface area contributed by atoms with E-state index in [9.17, 15) is 5.26 Å². The Morgan fingerprint density at radius 3 is 2.80 bits per heavy atom. The van der Waals surface area contributed by atoms with Crippen molar-refractivity contribution in [2.45, 2.75) is 39.7 Å². The topological polar surface area (TPSA) is 67.6 Å². The highest BCUT2D eigenvalue weighted by molar-refractivity contribution is 5.53. The monoisotopic (exact) mass is 268 g/mol. The molecule has 0 saturated carbocycles. The molecule has 0 radical (unpaired) electrons. The van der Waals surface area contributed by atoms with E-state index in [4.69, 9.17) is 5.73 Å². The van der Waals surface area contributed by atoms with Gasteiger partial charge >= 0.3 is 0 Å². The number of benzene rings is 1. The normalized spacial score (nSPS) is 12.1. The molecule has 1 unspecified atom stereocenters. The van der Waals surface area contributed by atoms with Crippen LogP contribution in [0.15, 0.2) is 24.3 Å². The first-order valence-electron chi connectivity index (χ1n) is 6.89. The first-order chi connectivity index (χ1) is 9.56. The van der Waals surface area contributed by atoms with Crippen molar-refractivity contribution in [2.75, 3.05) is 5.73 Å². The van der Waals surface area contributed by atoms with E-state index in [1.807, 2.05) is 12.1 Å². The molecule has 2 aromatic rings. The van der Waals surface area contributed by atoms with Gasteiger partial charge in [0.2, 0.25) is 0 Å². The van der Waals surface area contributed by atoms with Gasteiger partial charge in [0, 0.05) is 6.42 Å². The highest BCUT2D eigenvalue weighted by Gasteiger charge is 2.18. The number of aromatic nitrogens is 2. The molecule has 0 aliphatic carbocycles. The number of nitrogens with zero attached hydrogens (tertiary/aromatic N) is 3. The van der Waals surface area contributed by atoms with Crippen LogP contribution in [0.5, 0.6) is 0 Å². The van der Waals surface area contributed by atoms with Crippen LogP contribution in [0, 0.1) is 18.3 Å². The molecular formula is C16H20N4. The predicted octanol–water partition coefficient (Wildman–Crippen LogP) is 3.21. The minimum Gasteiger partial charge on any atom is -0.383 e. The van der Waals surface area contributed by atoms with Gasteiger partial charge in [0.15, 0.2) is 0 Å². The second kappa shape index (κ2) is 5.79. The van der Waals surface area contributed by atoms with E-state index < -0.39 is 0 Å². The number of nitrogen functional groups attached to an aromatic ring is 1. The minimum atomic E-state index is 0.202. The van der Waals surface area contributed by atoms with Gasteiger partial charge in [-0.2, -0.15) is 10.4 Å². The standard InChI is InChI=1S/C16H20N4/c1-4-12(3)20-16(18)14(10-17)15(19-20)9-13-7-5-6-11(2)8-13/h5-8,12H,4,9,18H2,1-3H3. The zero-order valence-corrected chi connectivity index (χ0v) is 12.2.